The van der Waals surface area contributed by atoms with Gasteiger partial charge in [-0.1, -0.05) is 35.3 Å². The quantitative estimate of drug-likeness (QED) is 0.390. The molecule has 2 aromatic heterocycles. The van der Waals surface area contributed by atoms with Gasteiger partial charge in [0.2, 0.25) is 5.76 Å². The van der Waals surface area contributed by atoms with Crippen LogP contribution in [-0.4, -0.2) is 10.9 Å². The van der Waals surface area contributed by atoms with Gasteiger partial charge in [-0.05, 0) is 55.0 Å². The molecule has 0 unspecified atom stereocenters. The smallest absolute Gasteiger partial charge is 0.296 e. The van der Waals surface area contributed by atoms with Crippen molar-refractivity contribution in [1.82, 2.24) is 4.98 Å². The predicted molar refractivity (Wildman–Crippen MR) is 117 cm³/mol. The maximum Gasteiger partial charge on any atom is 0.296 e. The minimum atomic E-state index is -0.865. The van der Waals surface area contributed by atoms with Crippen LogP contribution in [0.3, 0.4) is 0 Å². The highest BCUT2D eigenvalue weighted by Crippen LogP contribution is 2.41. The third-order valence-corrected chi connectivity index (χ3v) is 5.95. The van der Waals surface area contributed by atoms with Gasteiger partial charge in [0.15, 0.2) is 5.43 Å². The highest BCUT2D eigenvalue weighted by atomic mass is 35.5. The molecule has 0 saturated carbocycles. The van der Waals surface area contributed by atoms with Crippen molar-refractivity contribution in [2.24, 2.45) is 0 Å². The maximum atomic E-state index is 13.8. The van der Waals surface area contributed by atoms with E-state index in [9.17, 15) is 14.0 Å². The van der Waals surface area contributed by atoms with Crippen LogP contribution in [0.15, 0.2) is 63.8 Å². The summed E-state index contributed by atoms with van der Waals surface area (Å²) in [6.07, 6.45) is 0. The Kier molecular flexibility index (Phi) is 4.57. The van der Waals surface area contributed by atoms with Crippen molar-refractivity contribution in [2.45, 2.75) is 13.0 Å². The van der Waals surface area contributed by atoms with E-state index in [4.69, 9.17) is 27.6 Å². The van der Waals surface area contributed by atoms with Gasteiger partial charge in [-0.25, -0.2) is 9.37 Å². The van der Waals surface area contributed by atoms with E-state index in [1.165, 1.54) is 17.0 Å². The summed E-state index contributed by atoms with van der Waals surface area (Å²) in [5, 5.41) is 0.659. The van der Waals surface area contributed by atoms with Gasteiger partial charge in [0.25, 0.3) is 5.91 Å². The standard InChI is InChI=1S/C23H13Cl2FN2O3/c1-11-3-2-4-18(27-11)28-20(12-5-7-15(24)16(25)9-12)19-21(29)14-10-13(26)6-8-17(14)31-22(19)23(28)30/h2-10,20H,1H3/t20-/m1/s1. The number of hydrogen-bond donors (Lipinski definition) is 0. The van der Waals surface area contributed by atoms with Gasteiger partial charge in [0.1, 0.15) is 17.2 Å². The molecule has 1 amide bonds. The molecular formula is C23H13Cl2FN2O3. The number of aryl methyl sites for hydroxylation is 1. The van der Waals surface area contributed by atoms with Crippen molar-refractivity contribution < 1.29 is 13.6 Å². The lowest BCUT2D eigenvalue weighted by Crippen LogP contribution is -2.30. The summed E-state index contributed by atoms with van der Waals surface area (Å²) in [6, 6.07) is 12.8. The van der Waals surface area contributed by atoms with Gasteiger partial charge < -0.3 is 4.42 Å². The van der Waals surface area contributed by atoms with Crippen molar-refractivity contribution in [1.29, 1.82) is 0 Å². The number of pyridine rings is 1. The van der Waals surface area contributed by atoms with Gasteiger partial charge >= 0.3 is 0 Å². The Morgan fingerprint density at radius 3 is 2.58 bits per heavy atom. The fraction of sp³-hybridized carbons (Fsp3) is 0.0870. The lowest BCUT2D eigenvalue weighted by Gasteiger charge is -2.24. The molecule has 0 aliphatic carbocycles. The van der Waals surface area contributed by atoms with Crippen LogP contribution in [0.5, 0.6) is 0 Å². The fourth-order valence-electron chi connectivity index (χ4n) is 3.84. The number of hydrogen-bond acceptors (Lipinski definition) is 4. The van der Waals surface area contributed by atoms with E-state index in [1.807, 2.05) is 0 Å². The Balaban J connectivity index is 1.84. The number of carbonyl (C=O) groups is 1. The van der Waals surface area contributed by atoms with Crippen LogP contribution in [0, 0.1) is 12.7 Å². The minimum Gasteiger partial charge on any atom is -0.450 e. The van der Waals surface area contributed by atoms with Gasteiger partial charge in [-0.15, -0.1) is 0 Å². The number of anilines is 1. The Bertz CT molecular complexity index is 1450. The number of nitrogens with zero attached hydrogens (tertiary/aromatic N) is 2. The third-order valence-electron chi connectivity index (χ3n) is 5.21. The first-order valence-corrected chi connectivity index (χ1v) is 10.1. The number of amides is 1. The maximum absolute atomic E-state index is 13.8. The fourth-order valence-corrected chi connectivity index (χ4v) is 4.15. The van der Waals surface area contributed by atoms with Gasteiger partial charge in [0, 0.05) is 5.69 Å². The Labute approximate surface area is 185 Å². The van der Waals surface area contributed by atoms with Crippen LogP contribution in [-0.2, 0) is 0 Å². The highest BCUT2D eigenvalue weighted by Gasteiger charge is 2.44. The minimum absolute atomic E-state index is 0.0515. The van der Waals surface area contributed by atoms with Crippen LogP contribution in [0.1, 0.15) is 33.4 Å². The summed E-state index contributed by atoms with van der Waals surface area (Å²) in [4.78, 5) is 32.7. The average Bonchev–Trinajstić information content (AvgIpc) is 3.03. The molecule has 8 heteroatoms. The van der Waals surface area contributed by atoms with Gasteiger partial charge in [0.05, 0.1) is 27.0 Å². The largest absolute Gasteiger partial charge is 0.450 e. The first-order valence-electron chi connectivity index (χ1n) is 9.33. The molecule has 0 fully saturated rings. The number of aromatic nitrogens is 1. The summed E-state index contributed by atoms with van der Waals surface area (Å²) in [5.74, 6) is -0.856. The SMILES string of the molecule is Cc1cccc(N2C(=O)c3oc4ccc(F)cc4c(=O)c3[C@H]2c2ccc(Cl)c(Cl)c2)n1. The third kappa shape index (κ3) is 3.10. The van der Waals surface area contributed by atoms with Crippen molar-refractivity contribution >= 4 is 45.9 Å². The van der Waals surface area contributed by atoms with E-state index in [0.717, 1.165) is 6.07 Å². The molecule has 3 heterocycles. The van der Waals surface area contributed by atoms with E-state index in [1.54, 1.807) is 43.3 Å². The highest BCUT2D eigenvalue weighted by molar-refractivity contribution is 6.42. The molecule has 154 valence electrons. The first-order chi connectivity index (χ1) is 14.8. The van der Waals surface area contributed by atoms with Crippen LogP contribution in [0.4, 0.5) is 10.2 Å². The van der Waals surface area contributed by atoms with Crippen LogP contribution < -0.4 is 10.3 Å². The Morgan fingerprint density at radius 2 is 1.84 bits per heavy atom. The van der Waals surface area contributed by atoms with Crippen LogP contribution >= 0.6 is 23.2 Å². The molecule has 5 nitrogen and oxygen atoms in total. The second-order valence-corrected chi connectivity index (χ2v) is 8.02. The summed E-state index contributed by atoms with van der Waals surface area (Å²) >= 11 is 12.3. The topological polar surface area (TPSA) is 63.4 Å². The predicted octanol–water partition coefficient (Wildman–Crippen LogP) is 5.69. The lowest BCUT2D eigenvalue weighted by atomic mass is 9.98. The molecule has 0 radical (unpaired) electrons. The summed E-state index contributed by atoms with van der Waals surface area (Å²) in [5.41, 5.74) is 0.985. The van der Waals surface area contributed by atoms with Gasteiger partial charge in [-0.3, -0.25) is 14.5 Å². The monoisotopic (exact) mass is 454 g/mol. The van der Waals surface area contributed by atoms with E-state index < -0.39 is 23.2 Å². The summed E-state index contributed by atoms with van der Waals surface area (Å²) in [6.45, 7) is 1.80. The molecule has 4 aromatic rings. The molecule has 0 saturated heterocycles. The van der Waals surface area contributed by atoms with Crippen molar-refractivity contribution in [2.75, 3.05) is 4.90 Å². The molecule has 5 rings (SSSR count). The zero-order chi connectivity index (χ0) is 21.9. The zero-order valence-corrected chi connectivity index (χ0v) is 17.5. The van der Waals surface area contributed by atoms with Gasteiger partial charge in [-0.2, -0.15) is 0 Å². The molecule has 0 spiro atoms. The number of fused-ring (bicyclic) bond motifs is 2. The van der Waals surface area contributed by atoms with Crippen LogP contribution in [0.25, 0.3) is 11.0 Å². The van der Waals surface area contributed by atoms with Crippen molar-refractivity contribution in [3.05, 3.63) is 103 Å². The number of rotatable bonds is 2. The second kappa shape index (κ2) is 7.18. The molecule has 0 N–H and O–H groups in total. The molecule has 0 bridgehead atoms. The number of benzene rings is 2. The molecule has 1 aliphatic rings. The summed E-state index contributed by atoms with van der Waals surface area (Å²) < 4.78 is 19.6. The molecule has 1 atom stereocenters. The number of halogens is 3. The Morgan fingerprint density at radius 1 is 1.03 bits per heavy atom. The lowest BCUT2D eigenvalue weighted by molar-refractivity contribution is 0.0970. The molecule has 1 aliphatic heterocycles. The van der Waals surface area contributed by atoms with Crippen molar-refractivity contribution in [3.63, 3.8) is 0 Å². The normalized spacial score (nSPS) is 15.5. The van der Waals surface area contributed by atoms with E-state index >= 15 is 0 Å². The summed E-state index contributed by atoms with van der Waals surface area (Å²) in [7, 11) is 0. The molecule has 31 heavy (non-hydrogen) atoms. The van der Waals surface area contributed by atoms with E-state index in [2.05, 4.69) is 4.98 Å². The number of carbonyl (C=O) groups excluding carboxylic acids is 1. The van der Waals surface area contributed by atoms with Crippen molar-refractivity contribution in [3.8, 4) is 0 Å². The van der Waals surface area contributed by atoms with E-state index in [-0.39, 0.29) is 27.3 Å². The zero-order valence-electron chi connectivity index (χ0n) is 16.0. The van der Waals surface area contributed by atoms with Crippen LogP contribution in [0.2, 0.25) is 10.0 Å². The van der Waals surface area contributed by atoms with E-state index in [0.29, 0.717) is 22.1 Å². The Hall–Kier alpha value is -3.22. The first kappa shape index (κ1) is 19.7. The second-order valence-electron chi connectivity index (χ2n) is 7.20. The molecular weight excluding hydrogens is 442 g/mol. The average molecular weight is 455 g/mol. The molecule has 2 aromatic carbocycles.